The monoisotopic (exact) mass is 346 g/mol. The normalized spacial score (nSPS) is 11.2. The lowest BCUT2D eigenvalue weighted by atomic mass is 10.0. The smallest absolute Gasteiger partial charge is 0.262 e. The van der Waals surface area contributed by atoms with Gasteiger partial charge in [-0.2, -0.15) is 5.10 Å². The largest absolute Gasteiger partial charge is 0.326 e. The minimum Gasteiger partial charge on any atom is -0.326 e. The number of fused-ring (bicyclic) bond motifs is 3. The molecule has 6 heteroatoms. The quantitative estimate of drug-likeness (QED) is 0.595. The van der Waals surface area contributed by atoms with Crippen LogP contribution in [0.2, 0.25) is 0 Å². The fraction of sp³-hybridized carbons (Fsp3) is 0.150. The second-order valence-corrected chi connectivity index (χ2v) is 6.17. The number of hydrogen-bond acceptors (Lipinski definition) is 3. The van der Waals surface area contributed by atoms with Crippen LogP contribution < -0.4 is 10.9 Å². The topological polar surface area (TPSA) is 79.8 Å². The number of nitrogens with one attached hydrogen (secondary N) is 2. The first-order valence-corrected chi connectivity index (χ1v) is 8.46. The standard InChI is InChI=1S/C20H18N4O2/c1-3-24-18-10-13(14-6-4-5-7-17(14)22-12(2)25)8-9-15(18)19-16(20(24)26)11-21-23-19/h4-11H,3H2,1-2H3,(H,21,23)(H,22,25). The average molecular weight is 346 g/mol. The van der Waals surface area contributed by atoms with Gasteiger partial charge < -0.3 is 9.88 Å². The molecule has 2 aromatic carbocycles. The molecule has 4 aromatic rings. The number of benzene rings is 2. The SMILES string of the molecule is CCn1c(=O)c2cn[nH]c2c2ccc(-c3ccccc3NC(C)=O)cc21. The first kappa shape index (κ1) is 16.1. The molecule has 0 atom stereocenters. The Kier molecular flexibility index (Phi) is 3.80. The van der Waals surface area contributed by atoms with E-state index in [1.807, 2.05) is 49.4 Å². The van der Waals surface area contributed by atoms with E-state index >= 15 is 0 Å². The Morgan fingerprint density at radius 3 is 2.77 bits per heavy atom. The second kappa shape index (κ2) is 6.15. The van der Waals surface area contributed by atoms with Crippen LogP contribution in [0, 0.1) is 0 Å². The molecule has 26 heavy (non-hydrogen) atoms. The number of rotatable bonds is 3. The van der Waals surface area contributed by atoms with Crippen molar-refractivity contribution in [3.8, 4) is 11.1 Å². The summed E-state index contributed by atoms with van der Waals surface area (Å²) >= 11 is 0. The van der Waals surface area contributed by atoms with Crippen LogP contribution in [0.25, 0.3) is 32.9 Å². The highest BCUT2D eigenvalue weighted by Crippen LogP contribution is 2.31. The number of nitrogens with zero attached hydrogens (tertiary/aromatic N) is 2. The highest BCUT2D eigenvalue weighted by atomic mass is 16.1. The highest BCUT2D eigenvalue weighted by molar-refractivity contribution is 6.05. The van der Waals surface area contributed by atoms with Crippen LogP contribution >= 0.6 is 0 Å². The zero-order chi connectivity index (χ0) is 18.3. The third-order valence-corrected chi connectivity index (χ3v) is 4.54. The molecule has 0 aliphatic rings. The lowest BCUT2D eigenvalue weighted by Crippen LogP contribution is -2.19. The van der Waals surface area contributed by atoms with E-state index in [2.05, 4.69) is 15.5 Å². The van der Waals surface area contributed by atoms with Gasteiger partial charge in [0.05, 0.1) is 22.6 Å². The molecule has 0 saturated carbocycles. The van der Waals surface area contributed by atoms with E-state index in [1.165, 1.54) is 6.92 Å². The second-order valence-electron chi connectivity index (χ2n) is 6.17. The van der Waals surface area contributed by atoms with Crippen molar-refractivity contribution >= 4 is 33.4 Å². The summed E-state index contributed by atoms with van der Waals surface area (Å²) in [5.41, 5.74) is 4.11. The molecule has 0 radical (unpaired) electrons. The lowest BCUT2D eigenvalue weighted by Gasteiger charge is -2.13. The number of aromatic amines is 1. The number of anilines is 1. The summed E-state index contributed by atoms with van der Waals surface area (Å²) in [5.74, 6) is -0.122. The maximum atomic E-state index is 12.7. The number of aryl methyl sites for hydroxylation is 1. The molecule has 2 aromatic heterocycles. The van der Waals surface area contributed by atoms with Crippen molar-refractivity contribution < 1.29 is 4.79 Å². The molecule has 6 nitrogen and oxygen atoms in total. The van der Waals surface area contributed by atoms with Crippen molar-refractivity contribution in [1.29, 1.82) is 0 Å². The summed E-state index contributed by atoms with van der Waals surface area (Å²) < 4.78 is 1.75. The van der Waals surface area contributed by atoms with Gasteiger partial charge in [0.25, 0.3) is 5.56 Å². The molecule has 0 spiro atoms. The molecule has 2 heterocycles. The average Bonchev–Trinajstić information content (AvgIpc) is 3.12. The summed E-state index contributed by atoms with van der Waals surface area (Å²) in [5, 5.41) is 11.4. The van der Waals surface area contributed by atoms with Crippen molar-refractivity contribution in [2.75, 3.05) is 5.32 Å². The van der Waals surface area contributed by atoms with Crippen LogP contribution in [-0.2, 0) is 11.3 Å². The molecule has 1 amide bonds. The van der Waals surface area contributed by atoms with Crippen molar-refractivity contribution in [2.24, 2.45) is 0 Å². The van der Waals surface area contributed by atoms with Gasteiger partial charge >= 0.3 is 0 Å². The summed E-state index contributed by atoms with van der Waals surface area (Å²) in [6, 6.07) is 13.6. The maximum absolute atomic E-state index is 12.7. The van der Waals surface area contributed by atoms with E-state index < -0.39 is 0 Å². The third-order valence-electron chi connectivity index (χ3n) is 4.54. The summed E-state index contributed by atoms with van der Waals surface area (Å²) in [6.45, 7) is 4.00. The summed E-state index contributed by atoms with van der Waals surface area (Å²) in [6.07, 6.45) is 1.57. The molecule has 0 aliphatic carbocycles. The molecule has 2 N–H and O–H groups in total. The van der Waals surface area contributed by atoms with Crippen LogP contribution in [0.1, 0.15) is 13.8 Å². The predicted molar refractivity (Wildman–Crippen MR) is 103 cm³/mol. The number of H-pyrrole nitrogens is 1. The third kappa shape index (κ3) is 2.47. The van der Waals surface area contributed by atoms with Crippen LogP contribution in [0.5, 0.6) is 0 Å². The van der Waals surface area contributed by atoms with E-state index in [9.17, 15) is 9.59 Å². The molecule has 0 saturated heterocycles. The minimum absolute atomic E-state index is 0.0592. The number of carbonyl (C=O) groups is 1. The van der Waals surface area contributed by atoms with Gasteiger partial charge in [-0.25, -0.2) is 0 Å². The first-order chi connectivity index (χ1) is 12.6. The van der Waals surface area contributed by atoms with E-state index in [-0.39, 0.29) is 11.5 Å². The van der Waals surface area contributed by atoms with Crippen molar-refractivity contribution in [3.05, 3.63) is 59.0 Å². The Morgan fingerprint density at radius 2 is 2.00 bits per heavy atom. The van der Waals surface area contributed by atoms with Gasteiger partial charge in [0.2, 0.25) is 5.91 Å². The Morgan fingerprint density at radius 1 is 1.19 bits per heavy atom. The summed E-state index contributed by atoms with van der Waals surface area (Å²) in [7, 11) is 0. The van der Waals surface area contributed by atoms with Gasteiger partial charge in [-0.15, -0.1) is 0 Å². The number of carbonyl (C=O) groups excluding carboxylic acids is 1. The van der Waals surface area contributed by atoms with Gasteiger partial charge in [0.15, 0.2) is 0 Å². The predicted octanol–water partition coefficient (Wildman–Crippen LogP) is 3.52. The van der Waals surface area contributed by atoms with E-state index in [0.29, 0.717) is 11.9 Å². The van der Waals surface area contributed by atoms with Gasteiger partial charge in [-0.05, 0) is 24.6 Å². The van der Waals surface area contributed by atoms with Crippen molar-refractivity contribution in [2.45, 2.75) is 20.4 Å². The van der Waals surface area contributed by atoms with E-state index in [1.54, 1.807) is 10.8 Å². The highest BCUT2D eigenvalue weighted by Gasteiger charge is 2.13. The molecule has 4 rings (SSSR count). The molecular formula is C20H18N4O2. The van der Waals surface area contributed by atoms with E-state index in [0.717, 1.165) is 33.2 Å². The molecule has 0 aliphatic heterocycles. The fourth-order valence-electron chi connectivity index (χ4n) is 3.39. The van der Waals surface area contributed by atoms with Crippen LogP contribution in [0.15, 0.2) is 53.5 Å². The Hall–Kier alpha value is -3.41. The molecule has 0 unspecified atom stereocenters. The molecule has 0 bridgehead atoms. The Labute approximate surface area is 149 Å². The number of hydrogen-bond donors (Lipinski definition) is 2. The molecule has 0 fully saturated rings. The van der Waals surface area contributed by atoms with Gasteiger partial charge in [-0.3, -0.25) is 14.7 Å². The van der Waals surface area contributed by atoms with Crippen LogP contribution in [0.4, 0.5) is 5.69 Å². The number of pyridine rings is 1. The Balaban J connectivity index is 2.01. The van der Waals surface area contributed by atoms with Gasteiger partial charge in [0.1, 0.15) is 0 Å². The lowest BCUT2D eigenvalue weighted by molar-refractivity contribution is -0.114. The Bertz CT molecular complexity index is 1200. The molecule has 130 valence electrons. The fourth-order valence-corrected chi connectivity index (χ4v) is 3.39. The summed E-state index contributed by atoms with van der Waals surface area (Å²) in [4.78, 5) is 24.2. The van der Waals surface area contributed by atoms with Crippen molar-refractivity contribution in [1.82, 2.24) is 14.8 Å². The molecular weight excluding hydrogens is 328 g/mol. The van der Waals surface area contributed by atoms with Crippen molar-refractivity contribution in [3.63, 3.8) is 0 Å². The maximum Gasteiger partial charge on any atom is 0.262 e. The van der Waals surface area contributed by atoms with Crippen LogP contribution in [0.3, 0.4) is 0 Å². The van der Waals surface area contributed by atoms with Gasteiger partial charge in [0, 0.05) is 30.1 Å². The minimum atomic E-state index is -0.122. The first-order valence-electron chi connectivity index (χ1n) is 8.46. The number of amides is 1. The zero-order valence-corrected chi connectivity index (χ0v) is 14.5. The van der Waals surface area contributed by atoms with Crippen LogP contribution in [-0.4, -0.2) is 20.7 Å². The van der Waals surface area contributed by atoms with Gasteiger partial charge in [-0.1, -0.05) is 30.3 Å². The van der Waals surface area contributed by atoms with E-state index in [4.69, 9.17) is 0 Å². The number of aromatic nitrogens is 3. The number of para-hydroxylation sites is 1. The zero-order valence-electron chi connectivity index (χ0n) is 14.5.